The molecule has 154 valence electrons. The standard InChI is InChI=1S/C20H23N3O6/c1-4-28-16-8-10-17(11-9-16)29-13(2)18(24)22-23-20(26)21-15-7-5-6-14(12-15)19(25)27-3/h5-13H,4H2,1-3H3,(H,22,24)(H2,21,23,26). The summed E-state index contributed by atoms with van der Waals surface area (Å²) in [6.07, 6.45) is -0.851. The lowest BCUT2D eigenvalue weighted by Gasteiger charge is -2.16. The zero-order valence-electron chi connectivity index (χ0n) is 16.4. The van der Waals surface area contributed by atoms with Crippen LogP contribution in [0.1, 0.15) is 24.2 Å². The summed E-state index contributed by atoms with van der Waals surface area (Å²) < 4.78 is 15.5. The normalized spacial score (nSPS) is 11.0. The summed E-state index contributed by atoms with van der Waals surface area (Å²) in [5.41, 5.74) is 5.12. The van der Waals surface area contributed by atoms with Gasteiger partial charge in [-0.25, -0.2) is 15.0 Å². The minimum atomic E-state index is -0.851. The van der Waals surface area contributed by atoms with Crippen LogP contribution in [0.15, 0.2) is 48.5 Å². The molecule has 0 saturated carbocycles. The number of ether oxygens (including phenoxy) is 3. The van der Waals surface area contributed by atoms with E-state index < -0.39 is 24.0 Å². The Kier molecular flexibility index (Phi) is 7.84. The van der Waals surface area contributed by atoms with Crippen molar-refractivity contribution < 1.29 is 28.6 Å². The number of rotatable bonds is 7. The number of amides is 3. The molecule has 29 heavy (non-hydrogen) atoms. The van der Waals surface area contributed by atoms with Crippen LogP contribution in [0.25, 0.3) is 0 Å². The molecular formula is C20H23N3O6. The summed E-state index contributed by atoms with van der Waals surface area (Å²) in [6.45, 7) is 3.99. The average molecular weight is 401 g/mol. The van der Waals surface area contributed by atoms with Gasteiger partial charge in [0.1, 0.15) is 11.5 Å². The quantitative estimate of drug-likeness (QED) is 0.485. The van der Waals surface area contributed by atoms with Crippen molar-refractivity contribution >= 4 is 23.6 Å². The first kappa shape index (κ1) is 21.5. The van der Waals surface area contributed by atoms with Crippen molar-refractivity contribution in [3.05, 3.63) is 54.1 Å². The first-order chi connectivity index (χ1) is 13.9. The highest BCUT2D eigenvalue weighted by atomic mass is 16.5. The van der Waals surface area contributed by atoms with Crippen LogP contribution in [-0.2, 0) is 9.53 Å². The number of urea groups is 1. The maximum Gasteiger partial charge on any atom is 0.337 e. The first-order valence-corrected chi connectivity index (χ1v) is 8.87. The number of hydrazine groups is 1. The number of hydrogen-bond donors (Lipinski definition) is 3. The van der Waals surface area contributed by atoms with Crippen LogP contribution in [0.3, 0.4) is 0 Å². The van der Waals surface area contributed by atoms with E-state index in [9.17, 15) is 14.4 Å². The van der Waals surface area contributed by atoms with Crippen molar-refractivity contribution in [2.24, 2.45) is 0 Å². The highest BCUT2D eigenvalue weighted by Crippen LogP contribution is 2.18. The number of benzene rings is 2. The molecule has 0 aliphatic carbocycles. The van der Waals surface area contributed by atoms with Gasteiger partial charge < -0.3 is 19.5 Å². The van der Waals surface area contributed by atoms with E-state index in [0.29, 0.717) is 23.8 Å². The van der Waals surface area contributed by atoms with E-state index in [4.69, 9.17) is 9.47 Å². The van der Waals surface area contributed by atoms with Crippen LogP contribution < -0.4 is 25.6 Å². The van der Waals surface area contributed by atoms with Crippen molar-refractivity contribution in [3.63, 3.8) is 0 Å². The second kappa shape index (κ2) is 10.5. The van der Waals surface area contributed by atoms with E-state index in [1.54, 1.807) is 49.4 Å². The molecule has 0 aliphatic rings. The molecule has 0 heterocycles. The zero-order valence-corrected chi connectivity index (χ0v) is 16.4. The maximum absolute atomic E-state index is 12.1. The van der Waals surface area contributed by atoms with Crippen LogP contribution >= 0.6 is 0 Å². The average Bonchev–Trinajstić information content (AvgIpc) is 2.73. The monoisotopic (exact) mass is 401 g/mol. The Bertz CT molecular complexity index is 854. The van der Waals surface area contributed by atoms with Gasteiger partial charge in [0.25, 0.3) is 5.91 Å². The number of methoxy groups -OCH3 is 1. The molecule has 9 nitrogen and oxygen atoms in total. The Balaban J connectivity index is 1.81. The third kappa shape index (κ3) is 6.73. The van der Waals surface area contributed by atoms with E-state index in [-0.39, 0.29) is 5.56 Å². The number of hydrogen-bond acceptors (Lipinski definition) is 6. The Morgan fingerprint density at radius 2 is 1.69 bits per heavy atom. The van der Waals surface area contributed by atoms with Gasteiger partial charge in [-0.2, -0.15) is 0 Å². The van der Waals surface area contributed by atoms with Gasteiger partial charge in [-0.3, -0.25) is 10.2 Å². The molecule has 0 saturated heterocycles. The molecular weight excluding hydrogens is 378 g/mol. The lowest BCUT2D eigenvalue weighted by atomic mass is 10.2. The number of carbonyl (C=O) groups excluding carboxylic acids is 3. The topological polar surface area (TPSA) is 115 Å². The second-order valence-electron chi connectivity index (χ2n) is 5.81. The first-order valence-electron chi connectivity index (χ1n) is 8.87. The minimum Gasteiger partial charge on any atom is -0.494 e. The lowest BCUT2D eigenvalue weighted by Crippen LogP contribution is -2.48. The van der Waals surface area contributed by atoms with Crippen LogP contribution in [0.5, 0.6) is 11.5 Å². The molecule has 0 spiro atoms. The van der Waals surface area contributed by atoms with Crippen molar-refractivity contribution in [2.45, 2.75) is 20.0 Å². The predicted octanol–water partition coefficient (Wildman–Crippen LogP) is 2.49. The fourth-order valence-electron chi connectivity index (χ4n) is 2.26. The molecule has 1 unspecified atom stereocenters. The van der Waals surface area contributed by atoms with E-state index >= 15 is 0 Å². The fraction of sp³-hybridized carbons (Fsp3) is 0.250. The Morgan fingerprint density at radius 1 is 1.00 bits per heavy atom. The largest absolute Gasteiger partial charge is 0.494 e. The Hall–Kier alpha value is -3.75. The summed E-state index contributed by atoms with van der Waals surface area (Å²) in [5, 5.41) is 2.50. The van der Waals surface area contributed by atoms with Crippen molar-refractivity contribution in [2.75, 3.05) is 19.0 Å². The molecule has 0 aromatic heterocycles. The van der Waals surface area contributed by atoms with E-state index in [1.165, 1.54) is 13.2 Å². The zero-order chi connectivity index (χ0) is 21.2. The summed E-state index contributed by atoms with van der Waals surface area (Å²) in [5.74, 6) is 0.117. The number of esters is 1. The molecule has 1 atom stereocenters. The maximum atomic E-state index is 12.1. The fourth-order valence-corrected chi connectivity index (χ4v) is 2.26. The van der Waals surface area contributed by atoms with Crippen LogP contribution in [0.2, 0.25) is 0 Å². The molecule has 9 heteroatoms. The molecule has 0 fully saturated rings. The van der Waals surface area contributed by atoms with Crippen LogP contribution in [0.4, 0.5) is 10.5 Å². The van der Waals surface area contributed by atoms with Gasteiger partial charge in [-0.1, -0.05) is 6.07 Å². The van der Waals surface area contributed by atoms with E-state index in [0.717, 1.165) is 0 Å². The third-order valence-electron chi connectivity index (χ3n) is 3.66. The summed E-state index contributed by atoms with van der Waals surface area (Å²) in [6, 6.07) is 12.3. The summed E-state index contributed by atoms with van der Waals surface area (Å²) in [7, 11) is 1.27. The molecule has 2 rings (SSSR count). The SMILES string of the molecule is CCOc1ccc(OC(C)C(=O)NNC(=O)Nc2cccc(C(=O)OC)c2)cc1. The summed E-state index contributed by atoms with van der Waals surface area (Å²) in [4.78, 5) is 35.5. The molecule has 0 bridgehead atoms. The van der Waals surface area contributed by atoms with Crippen molar-refractivity contribution in [1.82, 2.24) is 10.9 Å². The Labute approximate surface area is 168 Å². The van der Waals surface area contributed by atoms with E-state index in [2.05, 4.69) is 20.9 Å². The lowest BCUT2D eigenvalue weighted by molar-refractivity contribution is -0.127. The molecule has 2 aromatic carbocycles. The predicted molar refractivity (Wildman–Crippen MR) is 106 cm³/mol. The molecule has 0 radical (unpaired) electrons. The molecule has 2 aromatic rings. The second-order valence-corrected chi connectivity index (χ2v) is 5.81. The van der Waals surface area contributed by atoms with Crippen molar-refractivity contribution in [3.8, 4) is 11.5 Å². The van der Waals surface area contributed by atoms with Crippen LogP contribution in [0, 0.1) is 0 Å². The smallest absolute Gasteiger partial charge is 0.337 e. The minimum absolute atomic E-state index is 0.284. The molecule has 3 N–H and O–H groups in total. The van der Waals surface area contributed by atoms with Gasteiger partial charge in [-0.05, 0) is 56.3 Å². The van der Waals surface area contributed by atoms with Gasteiger partial charge in [0, 0.05) is 5.69 Å². The summed E-state index contributed by atoms with van der Waals surface area (Å²) >= 11 is 0. The van der Waals surface area contributed by atoms with Gasteiger partial charge in [0.05, 0.1) is 19.3 Å². The number of carbonyl (C=O) groups is 3. The Morgan fingerprint density at radius 3 is 2.34 bits per heavy atom. The number of nitrogens with one attached hydrogen (secondary N) is 3. The highest BCUT2D eigenvalue weighted by Gasteiger charge is 2.16. The molecule has 3 amide bonds. The highest BCUT2D eigenvalue weighted by molar-refractivity contribution is 5.94. The van der Waals surface area contributed by atoms with Crippen molar-refractivity contribution in [1.29, 1.82) is 0 Å². The third-order valence-corrected chi connectivity index (χ3v) is 3.66. The van der Waals surface area contributed by atoms with E-state index in [1.807, 2.05) is 6.92 Å². The van der Waals surface area contributed by atoms with Gasteiger partial charge >= 0.3 is 12.0 Å². The number of anilines is 1. The van der Waals surface area contributed by atoms with Gasteiger partial charge in [-0.15, -0.1) is 0 Å². The molecule has 0 aliphatic heterocycles. The van der Waals surface area contributed by atoms with Gasteiger partial charge in [0.15, 0.2) is 6.10 Å². The van der Waals surface area contributed by atoms with Crippen LogP contribution in [-0.4, -0.2) is 37.7 Å². The van der Waals surface area contributed by atoms with Gasteiger partial charge in [0.2, 0.25) is 0 Å².